The Morgan fingerprint density at radius 2 is 0.851 bits per heavy atom. The van der Waals surface area contributed by atoms with Gasteiger partial charge in [-0.05, 0) is 94.3 Å². The molecular formula is C43H26N2O2. The highest BCUT2D eigenvalue weighted by Crippen LogP contribution is 2.42. The fourth-order valence-corrected chi connectivity index (χ4v) is 6.94. The first kappa shape index (κ1) is 25.9. The van der Waals surface area contributed by atoms with Crippen LogP contribution in [0.15, 0.2) is 167 Å². The van der Waals surface area contributed by atoms with Crippen LogP contribution in [0.3, 0.4) is 0 Å². The van der Waals surface area contributed by atoms with Crippen LogP contribution < -0.4 is 4.90 Å². The molecule has 4 nitrogen and oxygen atoms in total. The molecule has 7 aromatic carbocycles. The minimum absolute atomic E-state index is 0.847. The maximum absolute atomic E-state index is 6.49. The zero-order valence-electron chi connectivity index (χ0n) is 25.2. The highest BCUT2D eigenvalue weighted by atomic mass is 16.3. The highest BCUT2D eigenvalue weighted by molar-refractivity contribution is 6.12. The fraction of sp³-hybridized carbons (Fsp3) is 0. The summed E-state index contributed by atoms with van der Waals surface area (Å²) in [5.74, 6) is 0. The molecule has 0 aliphatic carbocycles. The van der Waals surface area contributed by atoms with Crippen molar-refractivity contribution in [2.24, 2.45) is 0 Å². The van der Waals surface area contributed by atoms with E-state index in [1.54, 1.807) is 0 Å². The predicted octanol–water partition coefficient (Wildman–Crippen LogP) is 12.3. The minimum Gasteiger partial charge on any atom is -0.456 e. The lowest BCUT2D eigenvalue weighted by molar-refractivity contribution is 0.669. The summed E-state index contributed by atoms with van der Waals surface area (Å²) in [5, 5.41) is 9.17. The maximum Gasteiger partial charge on any atom is 0.137 e. The van der Waals surface area contributed by atoms with Crippen molar-refractivity contribution in [2.75, 3.05) is 4.90 Å². The van der Waals surface area contributed by atoms with E-state index in [2.05, 4.69) is 143 Å². The van der Waals surface area contributed by atoms with Crippen LogP contribution in [-0.4, -0.2) is 4.98 Å². The average molecular weight is 603 g/mol. The number of nitrogens with zero attached hydrogens (tertiary/aromatic N) is 2. The van der Waals surface area contributed by atoms with Gasteiger partial charge < -0.3 is 13.7 Å². The number of benzene rings is 7. The van der Waals surface area contributed by atoms with Crippen molar-refractivity contribution in [2.45, 2.75) is 0 Å². The monoisotopic (exact) mass is 602 g/mol. The summed E-state index contributed by atoms with van der Waals surface area (Å²) in [6, 6.07) is 53.1. The number of hydrogen-bond donors (Lipinski definition) is 0. The third-order valence-corrected chi connectivity index (χ3v) is 9.25. The van der Waals surface area contributed by atoms with Crippen molar-refractivity contribution in [3.05, 3.63) is 158 Å². The highest BCUT2D eigenvalue weighted by Gasteiger charge is 2.18. The zero-order valence-corrected chi connectivity index (χ0v) is 25.2. The van der Waals surface area contributed by atoms with Crippen molar-refractivity contribution < 1.29 is 8.83 Å². The van der Waals surface area contributed by atoms with E-state index in [1.165, 1.54) is 21.5 Å². The number of rotatable bonds is 4. The minimum atomic E-state index is 0.847. The average Bonchev–Trinajstić information content (AvgIpc) is 3.66. The molecule has 3 aromatic heterocycles. The lowest BCUT2D eigenvalue weighted by Crippen LogP contribution is -2.09. The first-order valence-electron chi connectivity index (χ1n) is 15.8. The van der Waals surface area contributed by atoms with Crippen LogP contribution in [0.4, 0.5) is 17.1 Å². The fourth-order valence-electron chi connectivity index (χ4n) is 6.94. The number of aromatic nitrogens is 1. The standard InChI is InChI=1S/C43H26N2O2/c1-3-9-30-23-40-37(21-28(30)7-1)35-18-16-33(25-42(35)46-40)45(32-14-12-27(13-15-32)39-11-5-6-20-44-39)34-17-19-36-38-22-29-8-2-4-10-31(29)24-41(38)47-43(36)26-34/h1-26H. The van der Waals surface area contributed by atoms with Crippen molar-refractivity contribution in [1.82, 2.24) is 4.98 Å². The van der Waals surface area contributed by atoms with Gasteiger partial charge in [-0.25, -0.2) is 0 Å². The summed E-state index contributed by atoms with van der Waals surface area (Å²) >= 11 is 0. The largest absolute Gasteiger partial charge is 0.456 e. The topological polar surface area (TPSA) is 42.4 Å². The van der Waals surface area contributed by atoms with E-state index in [0.717, 1.165) is 72.2 Å². The van der Waals surface area contributed by atoms with E-state index in [-0.39, 0.29) is 0 Å². The summed E-state index contributed by atoms with van der Waals surface area (Å²) in [6.07, 6.45) is 1.83. The molecule has 10 rings (SSSR count). The Kier molecular flexibility index (Phi) is 5.54. The second-order valence-corrected chi connectivity index (χ2v) is 12.1. The quantitative estimate of drug-likeness (QED) is 0.201. The Morgan fingerprint density at radius 3 is 1.36 bits per heavy atom. The van der Waals surface area contributed by atoms with Crippen LogP contribution in [0.5, 0.6) is 0 Å². The lowest BCUT2D eigenvalue weighted by Gasteiger charge is -2.25. The molecule has 0 aliphatic heterocycles. The van der Waals surface area contributed by atoms with E-state index < -0.39 is 0 Å². The SMILES string of the molecule is c1ccc(-c2ccc(N(c3ccc4c(c3)oc3cc5ccccc5cc34)c3ccc4c(c3)oc3cc5ccccc5cc34)cc2)nc1. The van der Waals surface area contributed by atoms with Gasteiger partial charge in [-0.3, -0.25) is 4.98 Å². The molecule has 0 N–H and O–H groups in total. The van der Waals surface area contributed by atoms with Gasteiger partial charge in [0.2, 0.25) is 0 Å². The summed E-state index contributed by atoms with van der Waals surface area (Å²) in [4.78, 5) is 6.81. The lowest BCUT2D eigenvalue weighted by atomic mass is 10.0. The van der Waals surface area contributed by atoms with Gasteiger partial charge in [-0.2, -0.15) is 0 Å². The number of furan rings is 2. The summed E-state index contributed by atoms with van der Waals surface area (Å²) < 4.78 is 13.0. The summed E-state index contributed by atoms with van der Waals surface area (Å²) in [7, 11) is 0. The normalized spacial score (nSPS) is 11.8. The van der Waals surface area contributed by atoms with E-state index in [0.29, 0.717) is 0 Å². The van der Waals surface area contributed by atoms with E-state index in [9.17, 15) is 0 Å². The van der Waals surface area contributed by atoms with Crippen molar-refractivity contribution >= 4 is 82.5 Å². The Morgan fingerprint density at radius 1 is 0.383 bits per heavy atom. The maximum atomic E-state index is 6.49. The van der Waals surface area contributed by atoms with Gasteiger partial charge in [0.05, 0.1) is 5.69 Å². The van der Waals surface area contributed by atoms with Gasteiger partial charge in [0, 0.05) is 62.5 Å². The summed E-state index contributed by atoms with van der Waals surface area (Å²) in [6.45, 7) is 0. The van der Waals surface area contributed by atoms with Crippen LogP contribution >= 0.6 is 0 Å². The van der Waals surface area contributed by atoms with Crippen LogP contribution in [0.25, 0.3) is 76.7 Å². The van der Waals surface area contributed by atoms with Crippen molar-refractivity contribution in [3.8, 4) is 11.3 Å². The Hall–Kier alpha value is -6.39. The number of fused-ring (bicyclic) bond motifs is 8. The van der Waals surface area contributed by atoms with E-state index >= 15 is 0 Å². The molecule has 0 spiro atoms. The van der Waals surface area contributed by atoms with Crippen LogP contribution in [0, 0.1) is 0 Å². The second kappa shape index (κ2) is 10.1. The Bertz CT molecular complexity index is 2640. The van der Waals surface area contributed by atoms with Crippen LogP contribution in [0.1, 0.15) is 0 Å². The Balaban J connectivity index is 1.15. The molecule has 0 unspecified atom stereocenters. The smallest absolute Gasteiger partial charge is 0.137 e. The molecule has 4 heteroatoms. The third-order valence-electron chi connectivity index (χ3n) is 9.25. The number of hydrogen-bond acceptors (Lipinski definition) is 4. The molecule has 3 heterocycles. The zero-order chi connectivity index (χ0) is 30.9. The molecule has 0 bridgehead atoms. The first-order valence-corrected chi connectivity index (χ1v) is 15.8. The molecule has 47 heavy (non-hydrogen) atoms. The van der Waals surface area contributed by atoms with Gasteiger partial charge >= 0.3 is 0 Å². The predicted molar refractivity (Wildman–Crippen MR) is 194 cm³/mol. The molecule has 0 fully saturated rings. The molecule has 0 aliphatic rings. The molecule has 220 valence electrons. The molecule has 0 atom stereocenters. The van der Waals surface area contributed by atoms with Crippen LogP contribution in [0.2, 0.25) is 0 Å². The molecule has 0 saturated heterocycles. The molecule has 10 aromatic rings. The molecular weight excluding hydrogens is 576 g/mol. The van der Waals surface area contributed by atoms with Gasteiger partial charge in [0.15, 0.2) is 0 Å². The molecule has 0 saturated carbocycles. The second-order valence-electron chi connectivity index (χ2n) is 12.1. The van der Waals surface area contributed by atoms with E-state index in [4.69, 9.17) is 8.83 Å². The van der Waals surface area contributed by atoms with Gasteiger partial charge in [0.25, 0.3) is 0 Å². The van der Waals surface area contributed by atoms with Gasteiger partial charge in [-0.1, -0.05) is 66.7 Å². The van der Waals surface area contributed by atoms with Gasteiger partial charge in [0.1, 0.15) is 22.3 Å². The Labute approximate surface area is 269 Å². The van der Waals surface area contributed by atoms with Gasteiger partial charge in [-0.15, -0.1) is 0 Å². The molecule has 0 radical (unpaired) electrons. The first-order chi connectivity index (χ1) is 23.2. The summed E-state index contributed by atoms with van der Waals surface area (Å²) in [5.41, 5.74) is 8.48. The number of pyridine rings is 1. The van der Waals surface area contributed by atoms with Crippen LogP contribution in [-0.2, 0) is 0 Å². The van der Waals surface area contributed by atoms with Crippen molar-refractivity contribution in [3.63, 3.8) is 0 Å². The number of anilines is 3. The van der Waals surface area contributed by atoms with Crippen molar-refractivity contribution in [1.29, 1.82) is 0 Å². The molecule has 0 amide bonds. The van der Waals surface area contributed by atoms with E-state index in [1.807, 2.05) is 24.4 Å². The third kappa shape index (κ3) is 4.19.